The van der Waals surface area contributed by atoms with E-state index in [4.69, 9.17) is 9.47 Å². The summed E-state index contributed by atoms with van der Waals surface area (Å²) >= 11 is 0. The standard InChI is InChI=1S/C24H24FN3O4/c1-31-19-5-6-20-17(10-19)11-21-23(30)27(13-22(29)28(20)21)8-7-26-12-16-3-2-4-18(9-16)24(25)14-32-15-24/h2-6,9-11,26H,7-8,12-15H2,1H3. The van der Waals surface area contributed by atoms with Crippen molar-refractivity contribution in [3.05, 3.63) is 65.4 Å². The fourth-order valence-electron chi connectivity index (χ4n) is 4.25. The average molecular weight is 437 g/mol. The van der Waals surface area contributed by atoms with Crippen LogP contribution in [0.25, 0.3) is 10.9 Å². The Morgan fingerprint density at radius 3 is 2.75 bits per heavy atom. The number of carbonyl (C=O) groups excluding carboxylic acids is 2. The number of carbonyl (C=O) groups is 2. The average Bonchev–Trinajstić information content (AvgIpc) is 3.18. The minimum Gasteiger partial charge on any atom is -0.497 e. The summed E-state index contributed by atoms with van der Waals surface area (Å²) in [5, 5.41) is 4.08. The number of methoxy groups -OCH3 is 1. The van der Waals surface area contributed by atoms with Gasteiger partial charge in [-0.15, -0.1) is 0 Å². The molecule has 5 rings (SSSR count). The van der Waals surface area contributed by atoms with E-state index in [1.807, 2.05) is 24.3 Å². The van der Waals surface area contributed by atoms with Crippen molar-refractivity contribution in [3.63, 3.8) is 0 Å². The lowest BCUT2D eigenvalue weighted by atomic mass is 9.93. The number of ether oxygens (including phenoxy) is 2. The minimum absolute atomic E-state index is 0.0309. The number of nitrogens with zero attached hydrogens (tertiary/aromatic N) is 2. The second-order valence-electron chi connectivity index (χ2n) is 8.25. The molecule has 2 aliphatic heterocycles. The van der Waals surface area contributed by atoms with Gasteiger partial charge in [0.15, 0.2) is 5.67 Å². The van der Waals surface area contributed by atoms with Gasteiger partial charge in [-0.2, -0.15) is 0 Å². The van der Waals surface area contributed by atoms with E-state index in [1.54, 1.807) is 36.3 Å². The Morgan fingerprint density at radius 2 is 2.00 bits per heavy atom. The normalized spacial score (nSPS) is 17.4. The summed E-state index contributed by atoms with van der Waals surface area (Å²) in [4.78, 5) is 27.3. The molecule has 3 aromatic rings. The van der Waals surface area contributed by atoms with E-state index >= 15 is 0 Å². The zero-order valence-corrected chi connectivity index (χ0v) is 17.8. The van der Waals surface area contributed by atoms with Gasteiger partial charge in [0, 0.05) is 25.0 Å². The molecule has 2 aromatic carbocycles. The number of nitrogens with one attached hydrogen (secondary N) is 1. The molecule has 0 bridgehead atoms. The summed E-state index contributed by atoms with van der Waals surface area (Å²) in [5.74, 6) is 0.366. The lowest BCUT2D eigenvalue weighted by molar-refractivity contribution is -0.135. The molecule has 1 aromatic heterocycles. The molecule has 1 N–H and O–H groups in total. The first-order chi connectivity index (χ1) is 15.5. The molecule has 0 saturated carbocycles. The molecule has 2 aliphatic rings. The Hall–Kier alpha value is -3.23. The Balaban J connectivity index is 1.22. The topological polar surface area (TPSA) is 72.8 Å². The van der Waals surface area contributed by atoms with Crippen LogP contribution in [-0.2, 0) is 17.0 Å². The van der Waals surface area contributed by atoms with Gasteiger partial charge in [-0.1, -0.05) is 24.3 Å². The molecular formula is C24H24FN3O4. The zero-order valence-electron chi connectivity index (χ0n) is 17.8. The van der Waals surface area contributed by atoms with E-state index in [1.165, 1.54) is 4.57 Å². The van der Waals surface area contributed by atoms with Gasteiger partial charge in [-0.25, -0.2) is 4.39 Å². The van der Waals surface area contributed by atoms with E-state index < -0.39 is 5.67 Å². The highest BCUT2D eigenvalue weighted by Gasteiger charge is 2.40. The van der Waals surface area contributed by atoms with Crippen LogP contribution in [0.4, 0.5) is 4.39 Å². The SMILES string of the molecule is COc1ccc2c(c1)cc1n2C(=O)CN(CCNCc2cccc(C3(F)COC3)c2)C1=O. The Kier molecular flexibility index (Phi) is 5.19. The maximum absolute atomic E-state index is 14.5. The second kappa shape index (κ2) is 8.03. The molecule has 1 amide bonds. The zero-order chi connectivity index (χ0) is 22.3. The number of benzene rings is 2. The molecule has 3 heterocycles. The molecule has 32 heavy (non-hydrogen) atoms. The van der Waals surface area contributed by atoms with Crippen LogP contribution in [0.3, 0.4) is 0 Å². The van der Waals surface area contributed by atoms with Crippen LogP contribution in [0.1, 0.15) is 26.4 Å². The smallest absolute Gasteiger partial charge is 0.271 e. The summed E-state index contributed by atoms with van der Waals surface area (Å²) in [6, 6.07) is 14.5. The lowest BCUT2D eigenvalue weighted by Gasteiger charge is -2.34. The fourth-order valence-corrected chi connectivity index (χ4v) is 4.25. The van der Waals surface area contributed by atoms with Gasteiger partial charge in [-0.05, 0) is 35.4 Å². The molecule has 166 valence electrons. The van der Waals surface area contributed by atoms with Crippen molar-refractivity contribution >= 4 is 22.7 Å². The van der Waals surface area contributed by atoms with Gasteiger partial charge in [-0.3, -0.25) is 14.2 Å². The van der Waals surface area contributed by atoms with Crippen LogP contribution in [0, 0.1) is 0 Å². The van der Waals surface area contributed by atoms with Crippen molar-refractivity contribution in [3.8, 4) is 5.75 Å². The third-order valence-electron chi connectivity index (χ3n) is 6.08. The molecule has 1 fully saturated rings. The highest BCUT2D eigenvalue weighted by atomic mass is 19.1. The van der Waals surface area contributed by atoms with Crippen LogP contribution in [0.15, 0.2) is 48.5 Å². The highest BCUT2D eigenvalue weighted by Crippen LogP contribution is 2.34. The highest BCUT2D eigenvalue weighted by molar-refractivity contribution is 6.09. The predicted molar refractivity (Wildman–Crippen MR) is 117 cm³/mol. The van der Waals surface area contributed by atoms with Crippen LogP contribution in [0.5, 0.6) is 5.75 Å². The molecule has 1 saturated heterocycles. The number of amides is 1. The first-order valence-electron chi connectivity index (χ1n) is 10.6. The van der Waals surface area contributed by atoms with E-state index in [0.717, 1.165) is 10.9 Å². The van der Waals surface area contributed by atoms with Crippen molar-refractivity contribution in [2.24, 2.45) is 0 Å². The van der Waals surface area contributed by atoms with Gasteiger partial charge in [0.05, 0.1) is 25.8 Å². The van der Waals surface area contributed by atoms with Crippen molar-refractivity contribution in [1.29, 1.82) is 0 Å². The van der Waals surface area contributed by atoms with Crippen molar-refractivity contribution < 1.29 is 23.5 Å². The third kappa shape index (κ3) is 3.55. The number of alkyl halides is 1. The number of hydrogen-bond donors (Lipinski definition) is 1. The molecule has 0 aliphatic carbocycles. The number of rotatable bonds is 7. The number of fused-ring (bicyclic) bond motifs is 3. The Bertz CT molecular complexity index is 1200. The van der Waals surface area contributed by atoms with Gasteiger partial charge in [0.25, 0.3) is 11.8 Å². The maximum Gasteiger partial charge on any atom is 0.271 e. The van der Waals surface area contributed by atoms with Crippen molar-refractivity contribution in [2.45, 2.75) is 12.2 Å². The van der Waals surface area contributed by atoms with Gasteiger partial charge in [0.1, 0.15) is 18.0 Å². The molecule has 7 nitrogen and oxygen atoms in total. The third-order valence-corrected chi connectivity index (χ3v) is 6.08. The van der Waals surface area contributed by atoms with E-state index in [0.29, 0.717) is 42.2 Å². The molecule has 0 atom stereocenters. The van der Waals surface area contributed by atoms with Crippen LogP contribution in [-0.4, -0.2) is 61.2 Å². The predicted octanol–water partition coefficient (Wildman–Crippen LogP) is 2.73. The van der Waals surface area contributed by atoms with E-state index in [2.05, 4.69) is 5.32 Å². The Morgan fingerprint density at radius 1 is 1.16 bits per heavy atom. The molecule has 0 radical (unpaired) electrons. The largest absolute Gasteiger partial charge is 0.497 e. The first-order valence-corrected chi connectivity index (χ1v) is 10.6. The summed E-state index contributed by atoms with van der Waals surface area (Å²) in [6.07, 6.45) is 0. The fraction of sp³-hybridized carbons (Fsp3) is 0.333. The Labute approximate surface area is 184 Å². The van der Waals surface area contributed by atoms with Crippen molar-refractivity contribution in [1.82, 2.24) is 14.8 Å². The summed E-state index contributed by atoms with van der Waals surface area (Å²) < 4.78 is 26.3. The lowest BCUT2D eigenvalue weighted by Crippen LogP contribution is -2.46. The summed E-state index contributed by atoms with van der Waals surface area (Å²) in [7, 11) is 1.58. The van der Waals surface area contributed by atoms with Crippen LogP contribution < -0.4 is 10.1 Å². The molecule has 0 unspecified atom stereocenters. The molecular weight excluding hydrogens is 413 g/mol. The number of hydrogen-bond acceptors (Lipinski definition) is 5. The van der Waals surface area contributed by atoms with Gasteiger partial charge in [0.2, 0.25) is 0 Å². The van der Waals surface area contributed by atoms with Gasteiger partial charge >= 0.3 is 0 Å². The van der Waals surface area contributed by atoms with E-state index in [-0.39, 0.29) is 31.6 Å². The van der Waals surface area contributed by atoms with Crippen LogP contribution >= 0.6 is 0 Å². The minimum atomic E-state index is -1.39. The van der Waals surface area contributed by atoms with Crippen LogP contribution in [0.2, 0.25) is 0 Å². The van der Waals surface area contributed by atoms with Gasteiger partial charge < -0.3 is 19.7 Å². The maximum atomic E-state index is 14.5. The monoisotopic (exact) mass is 437 g/mol. The number of halogens is 1. The molecule has 8 heteroatoms. The van der Waals surface area contributed by atoms with Crippen molar-refractivity contribution in [2.75, 3.05) is 40.0 Å². The molecule has 0 spiro atoms. The first kappa shape index (κ1) is 20.7. The second-order valence-corrected chi connectivity index (χ2v) is 8.25. The van der Waals surface area contributed by atoms with E-state index in [9.17, 15) is 14.0 Å². The summed E-state index contributed by atoms with van der Waals surface area (Å²) in [5.41, 5.74) is 1.28. The quantitative estimate of drug-likeness (QED) is 0.576. The number of aromatic nitrogens is 1. The summed E-state index contributed by atoms with van der Waals surface area (Å²) in [6.45, 7) is 1.68.